The molecule has 3 aromatic rings. The predicted octanol–water partition coefficient (Wildman–Crippen LogP) is 1.52. The highest BCUT2D eigenvalue weighted by molar-refractivity contribution is 5.84. The van der Waals surface area contributed by atoms with Crippen LogP contribution >= 0.6 is 0 Å². The van der Waals surface area contributed by atoms with Gasteiger partial charge in [0.1, 0.15) is 17.9 Å². The summed E-state index contributed by atoms with van der Waals surface area (Å²) in [5.41, 5.74) is 1.46. The molecular formula is C17H17N3O3. The van der Waals surface area contributed by atoms with Crippen molar-refractivity contribution < 1.29 is 4.74 Å². The van der Waals surface area contributed by atoms with Crippen LogP contribution in [0, 0.1) is 6.92 Å². The van der Waals surface area contributed by atoms with Crippen LogP contribution in [-0.2, 0) is 20.7 Å². The molecule has 0 amide bonds. The molecule has 0 fully saturated rings. The Kier molecular flexibility index (Phi) is 3.73. The number of ether oxygens (including phenoxy) is 1. The normalized spacial score (nSPS) is 10.9. The number of para-hydroxylation sites is 1. The van der Waals surface area contributed by atoms with Gasteiger partial charge in [-0.1, -0.05) is 18.2 Å². The lowest BCUT2D eigenvalue weighted by atomic mass is 10.2. The van der Waals surface area contributed by atoms with E-state index in [2.05, 4.69) is 4.98 Å². The summed E-state index contributed by atoms with van der Waals surface area (Å²) in [5, 5.41) is 0.978. The van der Waals surface area contributed by atoms with E-state index in [1.165, 1.54) is 17.7 Å². The highest BCUT2D eigenvalue weighted by Gasteiger charge is 2.09. The smallest absolute Gasteiger partial charge is 0.330 e. The Hall–Kier alpha value is -2.89. The maximum Gasteiger partial charge on any atom is 0.330 e. The van der Waals surface area contributed by atoms with Crippen molar-refractivity contribution in [3.8, 4) is 5.75 Å². The number of hydrogen-bond acceptors (Lipinski definition) is 4. The molecule has 0 bridgehead atoms. The van der Waals surface area contributed by atoms with Gasteiger partial charge < -0.3 is 4.74 Å². The lowest BCUT2D eigenvalue weighted by molar-refractivity contribution is 0.296. The monoisotopic (exact) mass is 311 g/mol. The van der Waals surface area contributed by atoms with Crippen LogP contribution in [0.1, 0.15) is 11.4 Å². The fraction of sp³-hybridized carbons (Fsp3) is 0.235. The fourth-order valence-electron chi connectivity index (χ4n) is 2.40. The second-order valence-electron chi connectivity index (χ2n) is 5.44. The number of fused-ring (bicyclic) bond motifs is 1. The van der Waals surface area contributed by atoms with Crippen LogP contribution in [0.5, 0.6) is 5.75 Å². The van der Waals surface area contributed by atoms with Crippen molar-refractivity contribution in [3.05, 3.63) is 68.6 Å². The van der Waals surface area contributed by atoms with Crippen molar-refractivity contribution in [2.45, 2.75) is 13.5 Å². The van der Waals surface area contributed by atoms with Gasteiger partial charge in [-0.25, -0.2) is 9.78 Å². The van der Waals surface area contributed by atoms with E-state index >= 15 is 0 Å². The molecular weight excluding hydrogens is 294 g/mol. The summed E-state index contributed by atoms with van der Waals surface area (Å²) in [7, 11) is 3.07. The molecule has 0 saturated carbocycles. The minimum atomic E-state index is -0.372. The maximum atomic E-state index is 11.9. The number of nitrogens with zero attached hydrogens (tertiary/aromatic N) is 3. The van der Waals surface area contributed by atoms with E-state index in [-0.39, 0.29) is 17.9 Å². The summed E-state index contributed by atoms with van der Waals surface area (Å²) in [6.07, 6.45) is 0. The predicted molar refractivity (Wildman–Crippen MR) is 87.7 cm³/mol. The molecule has 118 valence electrons. The Bertz CT molecular complexity index is 1000. The van der Waals surface area contributed by atoms with Gasteiger partial charge in [0.25, 0.3) is 5.56 Å². The third-order valence-electron chi connectivity index (χ3n) is 3.82. The fourth-order valence-corrected chi connectivity index (χ4v) is 2.40. The second-order valence-corrected chi connectivity index (χ2v) is 5.44. The van der Waals surface area contributed by atoms with E-state index in [4.69, 9.17) is 4.74 Å². The third-order valence-corrected chi connectivity index (χ3v) is 3.82. The van der Waals surface area contributed by atoms with E-state index in [0.29, 0.717) is 11.4 Å². The Labute approximate surface area is 132 Å². The van der Waals surface area contributed by atoms with Crippen LogP contribution in [0.25, 0.3) is 10.9 Å². The molecule has 6 heteroatoms. The molecule has 0 atom stereocenters. The van der Waals surface area contributed by atoms with Crippen molar-refractivity contribution in [1.82, 2.24) is 14.1 Å². The van der Waals surface area contributed by atoms with Gasteiger partial charge in [-0.05, 0) is 19.1 Å². The van der Waals surface area contributed by atoms with Crippen molar-refractivity contribution in [3.63, 3.8) is 0 Å². The van der Waals surface area contributed by atoms with Gasteiger partial charge in [0, 0.05) is 31.2 Å². The molecule has 0 saturated heterocycles. The summed E-state index contributed by atoms with van der Waals surface area (Å²) in [5.74, 6) is 0.624. The molecule has 6 nitrogen and oxygen atoms in total. The Morgan fingerprint density at radius 1 is 1.09 bits per heavy atom. The molecule has 3 rings (SSSR count). The Morgan fingerprint density at radius 3 is 2.65 bits per heavy atom. The topological polar surface area (TPSA) is 66.1 Å². The van der Waals surface area contributed by atoms with Crippen molar-refractivity contribution in [2.75, 3.05) is 0 Å². The SMILES string of the molecule is Cc1ccc2cccc(OCc3cc(=O)n(C)c(=O)n3C)c2n1. The highest BCUT2D eigenvalue weighted by atomic mass is 16.5. The van der Waals surface area contributed by atoms with Crippen molar-refractivity contribution in [2.24, 2.45) is 14.1 Å². The lowest BCUT2D eigenvalue weighted by Gasteiger charge is -2.12. The molecule has 1 aromatic carbocycles. The summed E-state index contributed by atoms with van der Waals surface area (Å²) >= 11 is 0. The highest BCUT2D eigenvalue weighted by Crippen LogP contribution is 2.24. The van der Waals surface area contributed by atoms with Gasteiger partial charge in [0.05, 0.1) is 5.69 Å². The van der Waals surface area contributed by atoms with Gasteiger partial charge in [-0.3, -0.25) is 13.9 Å². The number of pyridine rings is 1. The summed E-state index contributed by atoms with van der Waals surface area (Å²) in [4.78, 5) is 28.2. The van der Waals surface area contributed by atoms with Gasteiger partial charge in [-0.15, -0.1) is 0 Å². The van der Waals surface area contributed by atoms with Gasteiger partial charge in [0.2, 0.25) is 0 Å². The average Bonchev–Trinajstić information content (AvgIpc) is 2.55. The van der Waals surface area contributed by atoms with Crippen LogP contribution in [-0.4, -0.2) is 14.1 Å². The molecule has 0 unspecified atom stereocenters. The summed E-state index contributed by atoms with van der Waals surface area (Å²) in [6.45, 7) is 2.04. The maximum absolute atomic E-state index is 11.9. The Balaban J connectivity index is 1.97. The zero-order chi connectivity index (χ0) is 16.6. The molecule has 2 aromatic heterocycles. The van der Waals surface area contributed by atoms with Gasteiger partial charge in [-0.2, -0.15) is 0 Å². The number of rotatable bonds is 3. The summed E-state index contributed by atoms with van der Waals surface area (Å²) < 4.78 is 8.29. The number of aryl methyl sites for hydroxylation is 1. The lowest BCUT2D eigenvalue weighted by Crippen LogP contribution is -2.38. The molecule has 0 spiro atoms. The van der Waals surface area contributed by atoms with Crippen LogP contribution in [0.4, 0.5) is 0 Å². The Morgan fingerprint density at radius 2 is 1.87 bits per heavy atom. The van der Waals surface area contributed by atoms with E-state index in [1.54, 1.807) is 7.05 Å². The van der Waals surface area contributed by atoms with Gasteiger partial charge in [0.15, 0.2) is 0 Å². The first kappa shape index (κ1) is 15.0. The van der Waals surface area contributed by atoms with Crippen molar-refractivity contribution in [1.29, 1.82) is 0 Å². The first-order valence-electron chi connectivity index (χ1n) is 7.22. The second kappa shape index (κ2) is 5.72. The molecule has 0 N–H and O–H groups in total. The zero-order valence-electron chi connectivity index (χ0n) is 13.2. The first-order chi connectivity index (χ1) is 11.0. The molecule has 23 heavy (non-hydrogen) atoms. The molecule has 0 radical (unpaired) electrons. The van der Waals surface area contributed by atoms with Gasteiger partial charge >= 0.3 is 5.69 Å². The minimum Gasteiger partial charge on any atom is -0.485 e. The first-order valence-corrected chi connectivity index (χ1v) is 7.22. The van der Waals surface area contributed by atoms with E-state index in [9.17, 15) is 9.59 Å². The van der Waals surface area contributed by atoms with Crippen LogP contribution in [0.3, 0.4) is 0 Å². The summed E-state index contributed by atoms with van der Waals surface area (Å²) in [6, 6.07) is 11.0. The van der Waals surface area contributed by atoms with E-state index in [0.717, 1.165) is 21.2 Å². The number of aromatic nitrogens is 3. The molecule has 2 heterocycles. The van der Waals surface area contributed by atoms with Crippen LogP contribution in [0.2, 0.25) is 0 Å². The van der Waals surface area contributed by atoms with E-state index in [1.807, 2.05) is 37.3 Å². The largest absolute Gasteiger partial charge is 0.485 e. The average molecular weight is 311 g/mol. The minimum absolute atomic E-state index is 0.122. The molecule has 0 aliphatic rings. The van der Waals surface area contributed by atoms with Crippen LogP contribution < -0.4 is 16.0 Å². The molecule has 0 aliphatic carbocycles. The number of benzene rings is 1. The van der Waals surface area contributed by atoms with Crippen molar-refractivity contribution >= 4 is 10.9 Å². The quantitative estimate of drug-likeness (QED) is 0.735. The molecule has 0 aliphatic heterocycles. The number of hydrogen-bond donors (Lipinski definition) is 0. The van der Waals surface area contributed by atoms with E-state index < -0.39 is 0 Å². The van der Waals surface area contributed by atoms with Crippen LogP contribution in [0.15, 0.2) is 46.0 Å². The third kappa shape index (κ3) is 2.75. The standard InChI is InChI=1S/C17H17N3O3/c1-11-7-8-12-5-4-6-14(16(12)18-11)23-10-13-9-15(21)20(3)17(22)19(13)2/h4-9H,10H2,1-3H3. The zero-order valence-corrected chi connectivity index (χ0v) is 13.2.